The van der Waals surface area contributed by atoms with Crippen LogP contribution < -0.4 is 4.74 Å². The van der Waals surface area contributed by atoms with Crippen molar-refractivity contribution in [2.75, 3.05) is 7.11 Å². The van der Waals surface area contributed by atoms with E-state index in [1.165, 1.54) is 0 Å². The molecule has 118 valence electrons. The lowest BCUT2D eigenvalue weighted by Crippen LogP contribution is -1.93. The van der Waals surface area contributed by atoms with Crippen LogP contribution in [0.25, 0.3) is 16.9 Å². The summed E-state index contributed by atoms with van der Waals surface area (Å²) < 4.78 is 6.94. The zero-order valence-corrected chi connectivity index (χ0v) is 13.1. The van der Waals surface area contributed by atoms with E-state index in [-0.39, 0.29) is 0 Å². The molecule has 3 heterocycles. The summed E-state index contributed by atoms with van der Waals surface area (Å²) in [5.41, 5.74) is 3.56. The largest absolute Gasteiger partial charge is 0.497 e. The van der Waals surface area contributed by atoms with E-state index >= 15 is 0 Å². The van der Waals surface area contributed by atoms with Crippen LogP contribution in [0.3, 0.4) is 0 Å². The van der Waals surface area contributed by atoms with Crippen LogP contribution >= 0.6 is 0 Å². The number of rotatable bonds is 4. The Kier molecular flexibility index (Phi) is 3.63. The molecule has 0 saturated carbocycles. The molecule has 0 saturated heterocycles. The predicted octanol–water partition coefficient (Wildman–Crippen LogP) is 2.79. The Hall–Kier alpha value is -3.28. The molecule has 4 rings (SSSR count). The number of pyridine rings is 1. The Balaban J connectivity index is 1.70. The van der Waals surface area contributed by atoms with Crippen molar-refractivity contribution < 1.29 is 4.74 Å². The van der Waals surface area contributed by atoms with E-state index in [0.717, 1.165) is 34.0 Å². The molecule has 3 aromatic heterocycles. The lowest BCUT2D eigenvalue weighted by atomic mass is 10.1. The first-order valence-corrected chi connectivity index (χ1v) is 7.57. The Labute approximate surface area is 138 Å². The van der Waals surface area contributed by atoms with Crippen LogP contribution in [0.15, 0.2) is 61.2 Å². The average Bonchev–Trinajstić information content (AvgIpc) is 3.05. The highest BCUT2D eigenvalue weighted by Gasteiger charge is 2.11. The zero-order chi connectivity index (χ0) is 16.4. The number of benzene rings is 1. The second-order valence-electron chi connectivity index (χ2n) is 5.34. The minimum Gasteiger partial charge on any atom is -0.497 e. The Morgan fingerprint density at radius 1 is 1.08 bits per heavy atom. The number of aromatic nitrogens is 5. The van der Waals surface area contributed by atoms with Gasteiger partial charge in [0, 0.05) is 36.8 Å². The van der Waals surface area contributed by atoms with Gasteiger partial charge in [-0.25, -0.2) is 9.50 Å². The molecule has 0 spiro atoms. The lowest BCUT2D eigenvalue weighted by molar-refractivity contribution is 0.414. The van der Waals surface area contributed by atoms with Crippen LogP contribution in [0.1, 0.15) is 11.4 Å². The van der Waals surface area contributed by atoms with Crippen molar-refractivity contribution in [1.29, 1.82) is 0 Å². The summed E-state index contributed by atoms with van der Waals surface area (Å²) in [7, 11) is 1.66. The number of nitrogens with zero attached hydrogens (tertiary/aromatic N) is 5. The first-order valence-electron chi connectivity index (χ1n) is 7.57. The molecule has 0 bridgehead atoms. The van der Waals surface area contributed by atoms with Gasteiger partial charge in [0.2, 0.25) is 0 Å². The first kappa shape index (κ1) is 14.3. The SMILES string of the molecule is COc1ccc(Cc2nc3c(-c4cccnc4)nccn3n2)cc1. The van der Waals surface area contributed by atoms with E-state index in [4.69, 9.17) is 4.74 Å². The molecule has 4 aromatic rings. The summed E-state index contributed by atoms with van der Waals surface area (Å²) in [6, 6.07) is 11.8. The molecule has 0 amide bonds. The second-order valence-corrected chi connectivity index (χ2v) is 5.34. The van der Waals surface area contributed by atoms with Crippen LogP contribution in [-0.2, 0) is 6.42 Å². The van der Waals surface area contributed by atoms with Crippen LogP contribution in [0, 0.1) is 0 Å². The summed E-state index contributed by atoms with van der Waals surface area (Å²) in [5, 5.41) is 4.55. The smallest absolute Gasteiger partial charge is 0.182 e. The van der Waals surface area contributed by atoms with Crippen molar-refractivity contribution in [2.24, 2.45) is 0 Å². The number of methoxy groups -OCH3 is 1. The van der Waals surface area contributed by atoms with E-state index in [1.54, 1.807) is 36.4 Å². The molecule has 0 atom stereocenters. The van der Waals surface area contributed by atoms with E-state index in [0.29, 0.717) is 6.42 Å². The van der Waals surface area contributed by atoms with Crippen LogP contribution in [0.4, 0.5) is 0 Å². The molecule has 6 nitrogen and oxygen atoms in total. The van der Waals surface area contributed by atoms with E-state index in [1.807, 2.05) is 36.4 Å². The fraction of sp³-hybridized carbons (Fsp3) is 0.111. The van der Waals surface area contributed by atoms with Gasteiger partial charge in [0.1, 0.15) is 11.4 Å². The van der Waals surface area contributed by atoms with Crippen LogP contribution in [-0.4, -0.2) is 31.7 Å². The van der Waals surface area contributed by atoms with Crippen molar-refractivity contribution in [1.82, 2.24) is 24.6 Å². The van der Waals surface area contributed by atoms with Gasteiger partial charge in [-0.2, -0.15) is 5.10 Å². The maximum Gasteiger partial charge on any atom is 0.182 e. The van der Waals surface area contributed by atoms with Crippen molar-refractivity contribution in [3.63, 3.8) is 0 Å². The van der Waals surface area contributed by atoms with Gasteiger partial charge in [-0.1, -0.05) is 12.1 Å². The van der Waals surface area contributed by atoms with E-state index in [2.05, 4.69) is 20.1 Å². The summed E-state index contributed by atoms with van der Waals surface area (Å²) in [6.07, 6.45) is 7.70. The summed E-state index contributed by atoms with van der Waals surface area (Å²) in [5.74, 6) is 1.59. The highest BCUT2D eigenvalue weighted by Crippen LogP contribution is 2.20. The van der Waals surface area contributed by atoms with Crippen LogP contribution in [0.5, 0.6) is 5.75 Å². The third-order valence-electron chi connectivity index (χ3n) is 3.75. The molecular weight excluding hydrogens is 302 g/mol. The topological polar surface area (TPSA) is 65.2 Å². The average molecular weight is 317 g/mol. The number of fused-ring (bicyclic) bond motifs is 1. The van der Waals surface area contributed by atoms with Gasteiger partial charge < -0.3 is 4.74 Å². The van der Waals surface area contributed by atoms with Crippen molar-refractivity contribution in [3.8, 4) is 17.0 Å². The number of ether oxygens (including phenoxy) is 1. The fourth-order valence-corrected chi connectivity index (χ4v) is 2.57. The van der Waals surface area contributed by atoms with Crippen LogP contribution in [0.2, 0.25) is 0 Å². The Bertz CT molecular complexity index is 964. The molecule has 0 aliphatic heterocycles. The van der Waals surface area contributed by atoms with Gasteiger partial charge in [-0.3, -0.25) is 9.97 Å². The van der Waals surface area contributed by atoms with Gasteiger partial charge in [-0.05, 0) is 29.8 Å². The van der Waals surface area contributed by atoms with Gasteiger partial charge in [0.15, 0.2) is 11.5 Å². The molecule has 24 heavy (non-hydrogen) atoms. The molecule has 0 fully saturated rings. The van der Waals surface area contributed by atoms with Crippen molar-refractivity contribution in [2.45, 2.75) is 6.42 Å². The maximum atomic E-state index is 5.18. The molecule has 0 aliphatic rings. The molecular formula is C18H15N5O. The highest BCUT2D eigenvalue weighted by atomic mass is 16.5. The van der Waals surface area contributed by atoms with Gasteiger partial charge >= 0.3 is 0 Å². The molecule has 6 heteroatoms. The standard InChI is InChI=1S/C18H15N5O/c1-24-15-6-4-13(5-7-15)11-16-21-18-17(14-3-2-8-19-12-14)20-9-10-23(18)22-16/h2-10,12H,11H2,1H3. The van der Waals surface area contributed by atoms with Gasteiger partial charge in [-0.15, -0.1) is 0 Å². The minimum absolute atomic E-state index is 0.651. The Morgan fingerprint density at radius 2 is 1.96 bits per heavy atom. The van der Waals surface area contributed by atoms with E-state index < -0.39 is 0 Å². The van der Waals surface area contributed by atoms with Crippen molar-refractivity contribution >= 4 is 5.65 Å². The summed E-state index contributed by atoms with van der Waals surface area (Å²) in [6.45, 7) is 0. The summed E-state index contributed by atoms with van der Waals surface area (Å²) >= 11 is 0. The fourth-order valence-electron chi connectivity index (χ4n) is 2.57. The zero-order valence-electron chi connectivity index (χ0n) is 13.1. The molecule has 0 unspecified atom stereocenters. The highest BCUT2D eigenvalue weighted by molar-refractivity contribution is 5.72. The molecule has 0 N–H and O–H groups in total. The third kappa shape index (κ3) is 2.69. The molecule has 0 aliphatic carbocycles. The van der Waals surface area contributed by atoms with Crippen molar-refractivity contribution in [3.05, 3.63) is 72.6 Å². The number of hydrogen-bond donors (Lipinski definition) is 0. The van der Waals surface area contributed by atoms with E-state index in [9.17, 15) is 0 Å². The number of hydrogen-bond acceptors (Lipinski definition) is 5. The van der Waals surface area contributed by atoms with Gasteiger partial charge in [0.05, 0.1) is 7.11 Å². The Morgan fingerprint density at radius 3 is 2.71 bits per heavy atom. The predicted molar refractivity (Wildman–Crippen MR) is 89.8 cm³/mol. The molecule has 0 radical (unpaired) electrons. The second kappa shape index (κ2) is 6.08. The first-order chi connectivity index (χ1) is 11.8. The minimum atomic E-state index is 0.651. The van der Waals surface area contributed by atoms with Gasteiger partial charge in [0.25, 0.3) is 0 Å². The normalized spacial score (nSPS) is 10.9. The lowest BCUT2D eigenvalue weighted by Gasteiger charge is -2.00. The summed E-state index contributed by atoms with van der Waals surface area (Å²) in [4.78, 5) is 13.2. The quantitative estimate of drug-likeness (QED) is 0.579. The molecule has 1 aromatic carbocycles. The monoisotopic (exact) mass is 317 g/mol. The third-order valence-corrected chi connectivity index (χ3v) is 3.75. The maximum absolute atomic E-state index is 5.18.